The number of ether oxygens (including phenoxy) is 1. The third kappa shape index (κ3) is 2.67. The zero-order valence-electron chi connectivity index (χ0n) is 8.02. The van der Waals surface area contributed by atoms with Gasteiger partial charge in [-0.25, -0.2) is 0 Å². The van der Waals surface area contributed by atoms with Crippen LogP contribution in [0.2, 0.25) is 0 Å². The first-order valence-corrected chi connectivity index (χ1v) is 4.10. The van der Waals surface area contributed by atoms with Crippen LogP contribution in [-0.4, -0.2) is 34.9 Å². The van der Waals surface area contributed by atoms with E-state index in [1.165, 1.54) is 19.2 Å². The molecule has 1 aromatic carbocycles. The van der Waals surface area contributed by atoms with Crippen molar-refractivity contribution in [2.75, 3.05) is 19.0 Å². The number of carboxylic acids is 1. The number of phenolic OH excluding ortho intramolecular Hbond substituents is 2. The summed E-state index contributed by atoms with van der Waals surface area (Å²) < 4.78 is 4.71. The second-order valence-corrected chi connectivity index (χ2v) is 2.80. The highest BCUT2D eigenvalue weighted by atomic mass is 16.5. The van der Waals surface area contributed by atoms with E-state index in [0.717, 1.165) is 0 Å². The first-order chi connectivity index (χ1) is 7.04. The number of phenols is 2. The summed E-state index contributed by atoms with van der Waals surface area (Å²) >= 11 is 0. The zero-order valence-corrected chi connectivity index (χ0v) is 8.02. The summed E-state index contributed by atoms with van der Waals surface area (Å²) in [6, 6.07) is 2.53. The molecule has 0 aromatic heterocycles. The Morgan fingerprint density at radius 3 is 2.33 bits per heavy atom. The Labute approximate surface area is 85.7 Å². The molecular formula is C9H11NO5. The van der Waals surface area contributed by atoms with Gasteiger partial charge in [0, 0.05) is 17.8 Å². The van der Waals surface area contributed by atoms with Crippen LogP contribution in [0.25, 0.3) is 0 Å². The van der Waals surface area contributed by atoms with Gasteiger partial charge in [-0.2, -0.15) is 0 Å². The number of benzene rings is 1. The van der Waals surface area contributed by atoms with Crippen LogP contribution in [0.15, 0.2) is 12.1 Å². The van der Waals surface area contributed by atoms with Gasteiger partial charge >= 0.3 is 5.97 Å². The monoisotopic (exact) mass is 213 g/mol. The van der Waals surface area contributed by atoms with E-state index in [4.69, 9.17) is 9.84 Å². The number of aliphatic carboxylic acids is 1. The van der Waals surface area contributed by atoms with Gasteiger partial charge in [-0.1, -0.05) is 0 Å². The molecule has 4 N–H and O–H groups in total. The van der Waals surface area contributed by atoms with Crippen molar-refractivity contribution >= 4 is 11.7 Å². The highest BCUT2D eigenvalue weighted by Gasteiger charge is 2.10. The fraction of sp³-hybridized carbons (Fsp3) is 0.222. The third-order valence-corrected chi connectivity index (χ3v) is 1.70. The third-order valence-electron chi connectivity index (χ3n) is 1.70. The van der Waals surface area contributed by atoms with Crippen LogP contribution < -0.4 is 10.1 Å². The summed E-state index contributed by atoms with van der Waals surface area (Å²) in [6.07, 6.45) is 0. The Morgan fingerprint density at radius 2 is 1.93 bits per heavy atom. The van der Waals surface area contributed by atoms with Crippen molar-refractivity contribution in [3.63, 3.8) is 0 Å². The van der Waals surface area contributed by atoms with Crippen LogP contribution in [0.1, 0.15) is 0 Å². The lowest BCUT2D eigenvalue weighted by Gasteiger charge is -2.09. The van der Waals surface area contributed by atoms with Gasteiger partial charge < -0.3 is 25.4 Å². The van der Waals surface area contributed by atoms with E-state index in [1.54, 1.807) is 0 Å². The number of aromatic hydroxyl groups is 2. The highest BCUT2D eigenvalue weighted by Crippen LogP contribution is 2.38. The van der Waals surface area contributed by atoms with Gasteiger partial charge in [0.1, 0.15) is 6.54 Å². The summed E-state index contributed by atoms with van der Waals surface area (Å²) in [5.41, 5.74) is 0.299. The van der Waals surface area contributed by atoms with Crippen molar-refractivity contribution in [2.45, 2.75) is 0 Å². The fourth-order valence-corrected chi connectivity index (χ4v) is 1.09. The van der Waals surface area contributed by atoms with Crippen LogP contribution in [0.4, 0.5) is 5.69 Å². The lowest BCUT2D eigenvalue weighted by molar-refractivity contribution is -0.134. The Morgan fingerprint density at radius 1 is 1.40 bits per heavy atom. The average Bonchev–Trinajstić information content (AvgIpc) is 2.14. The zero-order chi connectivity index (χ0) is 11.4. The summed E-state index contributed by atoms with van der Waals surface area (Å²) in [6.45, 7) is -0.300. The lowest BCUT2D eigenvalue weighted by atomic mass is 10.2. The van der Waals surface area contributed by atoms with E-state index in [9.17, 15) is 15.0 Å². The quantitative estimate of drug-likeness (QED) is 0.584. The molecule has 0 spiro atoms. The highest BCUT2D eigenvalue weighted by molar-refractivity contribution is 5.73. The minimum atomic E-state index is -1.04. The summed E-state index contributed by atoms with van der Waals surface area (Å²) in [7, 11) is 1.30. The van der Waals surface area contributed by atoms with E-state index in [1.807, 2.05) is 0 Å². The molecule has 0 saturated carbocycles. The van der Waals surface area contributed by atoms with Crippen molar-refractivity contribution in [1.82, 2.24) is 0 Å². The molecule has 1 rings (SSSR count). The molecule has 82 valence electrons. The standard InChI is InChI=1S/C9H11NO5/c1-15-9-6(11)2-5(3-7(9)12)10-4-8(13)14/h2-3,10-12H,4H2,1H3,(H,13,14). The molecule has 0 bridgehead atoms. The smallest absolute Gasteiger partial charge is 0.322 e. The number of hydrogen-bond donors (Lipinski definition) is 4. The molecule has 0 amide bonds. The normalized spacial score (nSPS) is 9.67. The maximum atomic E-state index is 10.3. The van der Waals surface area contributed by atoms with Gasteiger partial charge in [-0.15, -0.1) is 0 Å². The van der Waals surface area contributed by atoms with Gasteiger partial charge in [0.05, 0.1) is 7.11 Å². The van der Waals surface area contributed by atoms with Crippen LogP contribution >= 0.6 is 0 Å². The van der Waals surface area contributed by atoms with Crippen LogP contribution in [0.5, 0.6) is 17.2 Å². The molecular weight excluding hydrogens is 202 g/mol. The van der Waals surface area contributed by atoms with E-state index >= 15 is 0 Å². The summed E-state index contributed by atoms with van der Waals surface area (Å²) in [5.74, 6) is -1.60. The van der Waals surface area contributed by atoms with Crippen LogP contribution in [0, 0.1) is 0 Å². The fourth-order valence-electron chi connectivity index (χ4n) is 1.09. The SMILES string of the molecule is COc1c(O)cc(NCC(=O)O)cc1O. The molecule has 15 heavy (non-hydrogen) atoms. The number of hydrogen-bond acceptors (Lipinski definition) is 5. The maximum Gasteiger partial charge on any atom is 0.322 e. The average molecular weight is 213 g/mol. The molecule has 6 nitrogen and oxygen atoms in total. The molecule has 0 unspecified atom stereocenters. The second kappa shape index (κ2) is 4.41. The topological polar surface area (TPSA) is 99.0 Å². The van der Waals surface area contributed by atoms with Gasteiger partial charge in [-0.05, 0) is 0 Å². The summed E-state index contributed by atoms with van der Waals surface area (Å²) in [5, 5.41) is 29.6. The molecule has 0 aliphatic heterocycles. The molecule has 0 aliphatic rings. The molecule has 0 fully saturated rings. The van der Waals surface area contributed by atoms with Crippen molar-refractivity contribution in [3.05, 3.63) is 12.1 Å². The van der Waals surface area contributed by atoms with E-state index in [0.29, 0.717) is 5.69 Å². The minimum Gasteiger partial charge on any atom is -0.504 e. The van der Waals surface area contributed by atoms with E-state index < -0.39 is 5.97 Å². The summed E-state index contributed by atoms with van der Waals surface area (Å²) in [4.78, 5) is 10.3. The van der Waals surface area contributed by atoms with Crippen molar-refractivity contribution in [2.24, 2.45) is 0 Å². The Kier molecular flexibility index (Phi) is 3.22. The van der Waals surface area contributed by atoms with Gasteiger partial charge in [-0.3, -0.25) is 4.79 Å². The molecule has 0 atom stereocenters. The number of carbonyl (C=O) groups is 1. The first-order valence-electron chi connectivity index (χ1n) is 4.10. The van der Waals surface area contributed by atoms with Crippen LogP contribution in [0.3, 0.4) is 0 Å². The molecule has 0 saturated heterocycles. The minimum absolute atomic E-state index is 0.0455. The van der Waals surface area contributed by atoms with Gasteiger partial charge in [0.15, 0.2) is 11.5 Å². The maximum absolute atomic E-state index is 10.3. The molecule has 0 aliphatic carbocycles. The Bertz CT molecular complexity index is 354. The second-order valence-electron chi connectivity index (χ2n) is 2.80. The molecule has 1 aromatic rings. The Hall–Kier alpha value is -2.11. The molecule has 0 radical (unpaired) electrons. The van der Waals surface area contributed by atoms with Gasteiger partial charge in [0.25, 0.3) is 0 Å². The largest absolute Gasteiger partial charge is 0.504 e. The number of methoxy groups -OCH3 is 1. The predicted molar refractivity (Wildman–Crippen MR) is 52.4 cm³/mol. The first kappa shape index (κ1) is 11.0. The number of carboxylic acid groups (broad SMARTS) is 1. The Balaban J connectivity index is 2.88. The lowest BCUT2D eigenvalue weighted by Crippen LogP contribution is -2.12. The number of rotatable bonds is 4. The van der Waals surface area contributed by atoms with E-state index in [2.05, 4.69) is 5.32 Å². The number of nitrogens with one attached hydrogen (secondary N) is 1. The van der Waals surface area contributed by atoms with E-state index in [-0.39, 0.29) is 23.8 Å². The van der Waals surface area contributed by atoms with Crippen molar-refractivity contribution in [1.29, 1.82) is 0 Å². The van der Waals surface area contributed by atoms with Crippen molar-refractivity contribution in [3.8, 4) is 17.2 Å². The van der Waals surface area contributed by atoms with Crippen molar-refractivity contribution < 1.29 is 24.9 Å². The number of anilines is 1. The molecule has 6 heteroatoms. The van der Waals surface area contributed by atoms with Crippen LogP contribution in [-0.2, 0) is 4.79 Å². The predicted octanol–water partition coefficient (Wildman–Crippen LogP) is 0.603. The van der Waals surface area contributed by atoms with Gasteiger partial charge in [0.2, 0.25) is 5.75 Å². The molecule has 0 heterocycles.